The van der Waals surface area contributed by atoms with E-state index in [4.69, 9.17) is 4.74 Å². The lowest BCUT2D eigenvalue weighted by atomic mass is 9.76. The van der Waals surface area contributed by atoms with Gasteiger partial charge in [-0.3, -0.25) is 0 Å². The van der Waals surface area contributed by atoms with Crippen molar-refractivity contribution in [2.75, 3.05) is 19.7 Å². The summed E-state index contributed by atoms with van der Waals surface area (Å²) in [6.07, 6.45) is 8.71. The maximum atomic E-state index is 6.04. The molecule has 0 aromatic rings. The van der Waals surface area contributed by atoms with Crippen molar-refractivity contribution >= 4 is 0 Å². The van der Waals surface area contributed by atoms with E-state index in [0.717, 1.165) is 30.9 Å². The van der Waals surface area contributed by atoms with Crippen LogP contribution in [-0.2, 0) is 4.74 Å². The zero-order chi connectivity index (χ0) is 12.1. The van der Waals surface area contributed by atoms with E-state index >= 15 is 0 Å². The van der Waals surface area contributed by atoms with Crippen molar-refractivity contribution < 1.29 is 4.74 Å². The fourth-order valence-corrected chi connectivity index (χ4v) is 3.64. The van der Waals surface area contributed by atoms with Gasteiger partial charge in [-0.1, -0.05) is 26.7 Å². The summed E-state index contributed by atoms with van der Waals surface area (Å²) >= 11 is 0. The van der Waals surface area contributed by atoms with Crippen LogP contribution in [0.5, 0.6) is 0 Å². The second-order valence-electron chi connectivity index (χ2n) is 6.12. The van der Waals surface area contributed by atoms with Gasteiger partial charge in [0.25, 0.3) is 0 Å². The Kier molecular flexibility index (Phi) is 5.30. The Balaban J connectivity index is 1.81. The number of hydrogen-bond acceptors (Lipinski definition) is 2. The molecule has 17 heavy (non-hydrogen) atoms. The number of rotatable bonds is 5. The van der Waals surface area contributed by atoms with Gasteiger partial charge in [-0.2, -0.15) is 0 Å². The molecule has 2 fully saturated rings. The van der Waals surface area contributed by atoms with Gasteiger partial charge in [-0.25, -0.2) is 0 Å². The fraction of sp³-hybridized carbons (Fsp3) is 1.00. The summed E-state index contributed by atoms with van der Waals surface area (Å²) in [5.41, 5.74) is 0. The summed E-state index contributed by atoms with van der Waals surface area (Å²) in [4.78, 5) is 0. The molecule has 0 spiro atoms. The smallest absolute Gasteiger partial charge is 0.0644 e. The number of nitrogens with one attached hydrogen (secondary N) is 1. The normalized spacial score (nSPS) is 38.5. The minimum Gasteiger partial charge on any atom is -0.378 e. The maximum Gasteiger partial charge on any atom is 0.0644 e. The average molecular weight is 239 g/mol. The monoisotopic (exact) mass is 239 g/mol. The first-order valence-corrected chi connectivity index (χ1v) is 7.63. The average Bonchev–Trinajstić information content (AvgIpc) is 2.78. The molecular weight excluding hydrogens is 210 g/mol. The first-order valence-electron chi connectivity index (χ1n) is 7.63. The van der Waals surface area contributed by atoms with Crippen molar-refractivity contribution in [3.8, 4) is 0 Å². The molecule has 0 aromatic carbocycles. The van der Waals surface area contributed by atoms with Crippen molar-refractivity contribution in [3.05, 3.63) is 0 Å². The van der Waals surface area contributed by atoms with E-state index in [-0.39, 0.29) is 0 Å². The summed E-state index contributed by atoms with van der Waals surface area (Å²) < 4.78 is 6.04. The molecule has 1 N–H and O–H groups in total. The van der Waals surface area contributed by atoms with Crippen molar-refractivity contribution in [3.63, 3.8) is 0 Å². The van der Waals surface area contributed by atoms with Gasteiger partial charge in [0.2, 0.25) is 0 Å². The van der Waals surface area contributed by atoms with Crippen LogP contribution in [0.4, 0.5) is 0 Å². The van der Waals surface area contributed by atoms with Crippen LogP contribution >= 0.6 is 0 Å². The van der Waals surface area contributed by atoms with Gasteiger partial charge in [-0.15, -0.1) is 0 Å². The lowest BCUT2D eigenvalue weighted by Crippen LogP contribution is -2.35. The Morgan fingerprint density at radius 2 is 2.12 bits per heavy atom. The van der Waals surface area contributed by atoms with Crippen LogP contribution in [0.1, 0.15) is 52.4 Å². The third-order valence-corrected chi connectivity index (χ3v) is 4.54. The van der Waals surface area contributed by atoms with Crippen LogP contribution in [-0.4, -0.2) is 25.8 Å². The van der Waals surface area contributed by atoms with Gasteiger partial charge < -0.3 is 10.1 Å². The molecule has 1 aliphatic heterocycles. The van der Waals surface area contributed by atoms with Crippen LogP contribution in [0.25, 0.3) is 0 Å². The minimum atomic E-state index is 0.558. The predicted octanol–water partition coefficient (Wildman–Crippen LogP) is 3.22. The van der Waals surface area contributed by atoms with Crippen molar-refractivity contribution in [1.82, 2.24) is 5.32 Å². The van der Waals surface area contributed by atoms with Crippen molar-refractivity contribution in [2.45, 2.75) is 58.5 Å². The van der Waals surface area contributed by atoms with E-state index in [1.54, 1.807) is 0 Å². The first-order chi connectivity index (χ1) is 8.31. The molecule has 0 radical (unpaired) electrons. The van der Waals surface area contributed by atoms with Gasteiger partial charge in [0.1, 0.15) is 0 Å². The first kappa shape index (κ1) is 13.4. The minimum absolute atomic E-state index is 0.558. The van der Waals surface area contributed by atoms with Gasteiger partial charge >= 0.3 is 0 Å². The number of ether oxygens (including phenoxy) is 1. The summed E-state index contributed by atoms with van der Waals surface area (Å²) in [6.45, 7) is 7.96. The van der Waals surface area contributed by atoms with Crippen LogP contribution < -0.4 is 5.32 Å². The maximum absolute atomic E-state index is 6.04. The second kappa shape index (κ2) is 6.75. The largest absolute Gasteiger partial charge is 0.378 e. The van der Waals surface area contributed by atoms with Gasteiger partial charge in [0.05, 0.1) is 6.10 Å². The molecule has 0 bridgehead atoms. The van der Waals surface area contributed by atoms with Crippen LogP contribution in [0.2, 0.25) is 0 Å². The molecule has 0 aromatic heterocycles. The van der Waals surface area contributed by atoms with Crippen molar-refractivity contribution in [2.24, 2.45) is 17.8 Å². The molecular formula is C15H29NO. The van der Waals surface area contributed by atoms with E-state index in [1.807, 2.05) is 0 Å². The van der Waals surface area contributed by atoms with E-state index in [0.29, 0.717) is 6.10 Å². The molecule has 0 amide bonds. The molecule has 4 unspecified atom stereocenters. The highest BCUT2D eigenvalue weighted by Gasteiger charge is 2.36. The predicted molar refractivity (Wildman–Crippen MR) is 72.1 cm³/mol. The van der Waals surface area contributed by atoms with Crippen LogP contribution in [0.3, 0.4) is 0 Å². The van der Waals surface area contributed by atoms with Gasteiger partial charge in [0.15, 0.2) is 0 Å². The van der Waals surface area contributed by atoms with Crippen LogP contribution in [0.15, 0.2) is 0 Å². The van der Waals surface area contributed by atoms with Gasteiger partial charge in [-0.05, 0) is 44.1 Å². The topological polar surface area (TPSA) is 21.3 Å². The van der Waals surface area contributed by atoms with Crippen LogP contribution in [0, 0.1) is 17.8 Å². The molecule has 2 aliphatic rings. The Morgan fingerprint density at radius 1 is 1.24 bits per heavy atom. The Hall–Kier alpha value is -0.0800. The van der Waals surface area contributed by atoms with E-state index in [1.165, 1.54) is 45.1 Å². The SMILES string of the molecule is CCCNCC1CCOC1C1CCCC(C)C1. The molecule has 2 nitrogen and oxygen atoms in total. The third-order valence-electron chi connectivity index (χ3n) is 4.54. The fourth-order valence-electron chi connectivity index (χ4n) is 3.64. The highest BCUT2D eigenvalue weighted by Crippen LogP contribution is 2.37. The van der Waals surface area contributed by atoms with E-state index in [2.05, 4.69) is 19.2 Å². The summed E-state index contributed by atoms with van der Waals surface area (Å²) in [6, 6.07) is 0. The highest BCUT2D eigenvalue weighted by atomic mass is 16.5. The molecule has 100 valence electrons. The zero-order valence-corrected chi connectivity index (χ0v) is 11.6. The highest BCUT2D eigenvalue weighted by molar-refractivity contribution is 4.86. The molecule has 1 saturated carbocycles. The van der Waals surface area contributed by atoms with E-state index in [9.17, 15) is 0 Å². The lowest BCUT2D eigenvalue weighted by Gasteiger charge is -2.33. The van der Waals surface area contributed by atoms with Crippen molar-refractivity contribution in [1.29, 1.82) is 0 Å². The third kappa shape index (κ3) is 3.69. The molecule has 1 heterocycles. The van der Waals surface area contributed by atoms with Gasteiger partial charge in [0, 0.05) is 19.1 Å². The Bertz CT molecular complexity index is 219. The standard InChI is InChI=1S/C15H29NO/c1-3-8-16-11-14-7-9-17-15(14)13-6-4-5-12(2)10-13/h12-16H,3-11H2,1-2H3. The lowest BCUT2D eigenvalue weighted by molar-refractivity contribution is 0.0188. The molecule has 2 rings (SSSR count). The second-order valence-corrected chi connectivity index (χ2v) is 6.12. The molecule has 1 aliphatic carbocycles. The summed E-state index contributed by atoms with van der Waals surface area (Å²) in [5, 5.41) is 3.58. The molecule has 4 atom stereocenters. The Morgan fingerprint density at radius 3 is 2.88 bits per heavy atom. The molecule has 1 saturated heterocycles. The zero-order valence-electron chi connectivity index (χ0n) is 11.6. The molecule has 2 heteroatoms. The quantitative estimate of drug-likeness (QED) is 0.744. The number of hydrogen-bond donors (Lipinski definition) is 1. The summed E-state index contributed by atoms with van der Waals surface area (Å²) in [7, 11) is 0. The van der Waals surface area contributed by atoms with E-state index < -0.39 is 0 Å². The summed E-state index contributed by atoms with van der Waals surface area (Å²) in [5.74, 6) is 2.54. The Labute approximate surface area is 107 Å².